The highest BCUT2D eigenvalue weighted by Crippen LogP contribution is 2.39. The second-order valence-corrected chi connectivity index (χ2v) is 9.47. The number of hydrogen-bond acceptors (Lipinski definition) is 5. The summed E-state index contributed by atoms with van der Waals surface area (Å²) in [6.45, 7) is 4.92. The maximum Gasteiger partial charge on any atom is 0.311 e. The van der Waals surface area contributed by atoms with E-state index in [1.807, 2.05) is 43.3 Å². The number of Topliss-reactive ketones (excluding diaryl/α,β-unsaturated/α-hetero) is 1. The summed E-state index contributed by atoms with van der Waals surface area (Å²) >= 11 is 1.65. The van der Waals surface area contributed by atoms with E-state index in [1.54, 1.807) is 30.0 Å². The van der Waals surface area contributed by atoms with Crippen LogP contribution < -0.4 is 10.1 Å². The van der Waals surface area contributed by atoms with E-state index in [4.69, 9.17) is 4.74 Å². The van der Waals surface area contributed by atoms with Crippen LogP contribution in [0, 0.1) is 11.8 Å². The number of hydrogen-bond donors (Lipinski definition) is 2. The van der Waals surface area contributed by atoms with Crippen LogP contribution in [-0.4, -0.2) is 34.5 Å². The number of carboxylic acid groups (broad SMARTS) is 1. The predicted molar refractivity (Wildman–Crippen MR) is 129 cm³/mol. The van der Waals surface area contributed by atoms with Gasteiger partial charge in [-0.3, -0.25) is 9.59 Å². The summed E-state index contributed by atoms with van der Waals surface area (Å²) in [5.74, 6) is -0.458. The molecule has 2 N–H and O–H groups in total. The van der Waals surface area contributed by atoms with Crippen LogP contribution in [0.25, 0.3) is 0 Å². The first kappa shape index (κ1) is 24.3. The van der Waals surface area contributed by atoms with E-state index in [-0.39, 0.29) is 17.1 Å². The SMILES string of the molecule is CCCCC(CC)C(=O)C(C1NCCS1)C(C(=O)O)c1cccc(Oc2ccccc2)c1. The molecule has 4 unspecified atom stereocenters. The lowest BCUT2D eigenvalue weighted by molar-refractivity contribution is -0.144. The number of carbonyl (C=O) groups excluding carboxylic acids is 1. The molecule has 0 aliphatic carbocycles. The van der Waals surface area contributed by atoms with Gasteiger partial charge in [0.1, 0.15) is 17.3 Å². The molecule has 0 saturated carbocycles. The number of unbranched alkanes of at least 4 members (excludes halogenated alkanes) is 1. The van der Waals surface area contributed by atoms with E-state index in [2.05, 4.69) is 12.2 Å². The number of carbonyl (C=O) groups is 2. The Morgan fingerprint density at radius 2 is 1.88 bits per heavy atom. The highest BCUT2D eigenvalue weighted by molar-refractivity contribution is 8.00. The molecule has 0 aromatic heterocycles. The van der Waals surface area contributed by atoms with Gasteiger partial charge in [-0.15, -0.1) is 11.8 Å². The summed E-state index contributed by atoms with van der Waals surface area (Å²) in [6, 6.07) is 16.6. The van der Waals surface area contributed by atoms with Gasteiger partial charge in [-0.2, -0.15) is 0 Å². The van der Waals surface area contributed by atoms with Gasteiger partial charge in [-0.25, -0.2) is 0 Å². The maximum atomic E-state index is 13.7. The largest absolute Gasteiger partial charge is 0.481 e. The number of thioether (sulfide) groups is 1. The molecule has 1 aliphatic heterocycles. The molecule has 172 valence electrons. The third-order valence-electron chi connectivity index (χ3n) is 6.02. The maximum absolute atomic E-state index is 13.7. The van der Waals surface area contributed by atoms with Crippen molar-refractivity contribution < 1.29 is 19.4 Å². The van der Waals surface area contributed by atoms with Gasteiger partial charge < -0.3 is 15.2 Å². The minimum atomic E-state index is -0.972. The van der Waals surface area contributed by atoms with Crippen LogP contribution in [0.15, 0.2) is 54.6 Å². The second-order valence-electron chi connectivity index (χ2n) is 8.22. The van der Waals surface area contributed by atoms with Gasteiger partial charge in [0.25, 0.3) is 0 Å². The molecule has 0 radical (unpaired) electrons. The standard InChI is InChI=1S/C26H33NO4S/c1-3-5-10-18(4-2)24(28)23(25-27-15-16-32-25)22(26(29)30)19-11-9-14-21(17-19)31-20-12-7-6-8-13-20/h6-9,11-14,17-18,22-23,25,27H,3-5,10,15-16H2,1-2H3,(H,29,30). The Hall–Kier alpha value is -2.31. The molecule has 4 atom stereocenters. The Balaban J connectivity index is 1.94. The predicted octanol–water partition coefficient (Wildman–Crippen LogP) is 5.71. The lowest BCUT2D eigenvalue weighted by Crippen LogP contribution is -2.43. The highest BCUT2D eigenvalue weighted by atomic mass is 32.2. The Labute approximate surface area is 194 Å². The minimum Gasteiger partial charge on any atom is -0.481 e. The number of ether oxygens (including phenoxy) is 1. The summed E-state index contributed by atoms with van der Waals surface area (Å²) < 4.78 is 5.94. The molecule has 1 heterocycles. The fourth-order valence-corrected chi connectivity index (χ4v) is 5.56. The van der Waals surface area contributed by atoms with Crippen LogP contribution in [0.5, 0.6) is 11.5 Å². The Morgan fingerprint density at radius 1 is 1.12 bits per heavy atom. The summed E-state index contributed by atoms with van der Waals surface area (Å²) in [6.07, 6.45) is 3.53. The van der Waals surface area contributed by atoms with Crippen molar-refractivity contribution in [3.05, 3.63) is 60.2 Å². The third-order valence-corrected chi connectivity index (χ3v) is 7.28. The van der Waals surface area contributed by atoms with Crippen LogP contribution in [0.2, 0.25) is 0 Å². The lowest BCUT2D eigenvalue weighted by atomic mass is 9.77. The first-order valence-corrected chi connectivity index (χ1v) is 12.5. The molecule has 1 saturated heterocycles. The monoisotopic (exact) mass is 455 g/mol. The number of para-hydroxylation sites is 1. The molecule has 5 nitrogen and oxygen atoms in total. The Kier molecular flexibility index (Phi) is 9.18. The average Bonchev–Trinajstić information content (AvgIpc) is 3.32. The number of rotatable bonds is 12. The Bertz CT molecular complexity index is 882. The molecule has 0 spiro atoms. The molecule has 6 heteroatoms. The van der Waals surface area contributed by atoms with E-state index in [0.29, 0.717) is 17.1 Å². The number of carboxylic acids is 1. The van der Waals surface area contributed by atoms with Gasteiger partial charge in [0, 0.05) is 18.2 Å². The van der Waals surface area contributed by atoms with Gasteiger partial charge in [0.15, 0.2) is 0 Å². The first-order chi connectivity index (χ1) is 15.5. The number of aliphatic carboxylic acids is 1. The molecule has 1 fully saturated rings. The molecule has 2 aromatic carbocycles. The van der Waals surface area contributed by atoms with Gasteiger partial charge in [-0.1, -0.05) is 57.0 Å². The summed E-state index contributed by atoms with van der Waals surface area (Å²) in [5, 5.41) is 13.5. The molecule has 1 aliphatic rings. The third kappa shape index (κ3) is 6.14. The van der Waals surface area contributed by atoms with Gasteiger partial charge >= 0.3 is 5.97 Å². The van der Waals surface area contributed by atoms with E-state index >= 15 is 0 Å². The van der Waals surface area contributed by atoms with Crippen LogP contribution in [0.3, 0.4) is 0 Å². The highest BCUT2D eigenvalue weighted by Gasteiger charge is 2.43. The van der Waals surface area contributed by atoms with Crippen molar-refractivity contribution >= 4 is 23.5 Å². The van der Waals surface area contributed by atoms with Gasteiger partial charge in [0.05, 0.1) is 17.2 Å². The van der Waals surface area contributed by atoms with Crippen molar-refractivity contribution in [3.63, 3.8) is 0 Å². The topological polar surface area (TPSA) is 75.6 Å². The van der Waals surface area contributed by atoms with Crippen LogP contribution in [0.1, 0.15) is 51.0 Å². The molecular weight excluding hydrogens is 422 g/mol. The van der Waals surface area contributed by atoms with Crippen molar-refractivity contribution in [2.24, 2.45) is 11.8 Å². The fourth-order valence-electron chi connectivity index (χ4n) is 4.33. The Morgan fingerprint density at radius 3 is 2.50 bits per heavy atom. The lowest BCUT2D eigenvalue weighted by Gasteiger charge is -2.31. The van der Waals surface area contributed by atoms with Crippen LogP contribution in [0.4, 0.5) is 0 Å². The smallest absolute Gasteiger partial charge is 0.311 e. The first-order valence-electron chi connectivity index (χ1n) is 11.5. The van der Waals surface area contributed by atoms with Crippen molar-refractivity contribution in [2.45, 2.75) is 50.8 Å². The molecule has 0 amide bonds. The summed E-state index contributed by atoms with van der Waals surface area (Å²) in [5.41, 5.74) is 0.601. The van der Waals surface area contributed by atoms with Gasteiger partial charge in [0.2, 0.25) is 0 Å². The molecule has 32 heavy (non-hydrogen) atoms. The zero-order chi connectivity index (χ0) is 22.9. The summed E-state index contributed by atoms with van der Waals surface area (Å²) in [7, 11) is 0. The zero-order valence-corrected chi connectivity index (χ0v) is 19.6. The van der Waals surface area contributed by atoms with Crippen molar-refractivity contribution in [2.75, 3.05) is 12.3 Å². The van der Waals surface area contributed by atoms with E-state index in [1.165, 1.54) is 0 Å². The molecular formula is C26H33NO4S. The minimum absolute atomic E-state index is 0.0645. The normalized spacial score (nSPS) is 18.6. The number of nitrogens with one attached hydrogen (secondary N) is 1. The van der Waals surface area contributed by atoms with Crippen LogP contribution in [-0.2, 0) is 9.59 Å². The van der Waals surface area contributed by atoms with E-state index in [0.717, 1.165) is 38.0 Å². The van der Waals surface area contributed by atoms with Crippen molar-refractivity contribution in [1.82, 2.24) is 5.32 Å². The van der Waals surface area contributed by atoms with Crippen molar-refractivity contribution in [3.8, 4) is 11.5 Å². The quantitative estimate of drug-likeness (QED) is 0.427. The van der Waals surface area contributed by atoms with Crippen LogP contribution >= 0.6 is 11.8 Å². The van der Waals surface area contributed by atoms with Crippen molar-refractivity contribution in [1.29, 1.82) is 0 Å². The molecule has 0 bridgehead atoms. The number of ketones is 1. The second kappa shape index (κ2) is 12.1. The average molecular weight is 456 g/mol. The van der Waals surface area contributed by atoms with Gasteiger partial charge in [-0.05, 0) is 42.7 Å². The molecule has 2 aromatic rings. The van der Waals surface area contributed by atoms with E-state index < -0.39 is 17.8 Å². The fraction of sp³-hybridized carbons (Fsp3) is 0.462. The van der Waals surface area contributed by atoms with E-state index in [9.17, 15) is 14.7 Å². The zero-order valence-electron chi connectivity index (χ0n) is 18.8. The molecule has 3 rings (SSSR count). The number of benzene rings is 2. The summed E-state index contributed by atoms with van der Waals surface area (Å²) in [4.78, 5) is 26.3.